The molecule has 1 aliphatic carbocycles. The fraction of sp³-hybridized carbons (Fsp3) is 0.500. The number of aryl methyl sites for hydroxylation is 1. The second kappa shape index (κ2) is 5.33. The van der Waals surface area contributed by atoms with Gasteiger partial charge in [0.25, 0.3) is 0 Å². The summed E-state index contributed by atoms with van der Waals surface area (Å²) in [6, 6.07) is 4.04. The largest absolute Gasteiger partial charge is 0.364 e. The smallest absolute Gasteiger partial charge is 0.226 e. The molecule has 1 N–H and O–H groups in total. The maximum absolute atomic E-state index is 12.3. The number of likely N-dealkylation sites (tertiary alicyclic amines) is 1. The standard InChI is InChI=1S/C16H19N5O2/c1-10-8-21-15(17-10)3-2-14(19-21)18-12-4-5-20(9-12)16(23)11-6-13(22)7-11/h2-3,8,11-12H,4-7,9H2,1H3,(H,18,19). The fourth-order valence-electron chi connectivity index (χ4n) is 3.29. The minimum absolute atomic E-state index is 0.0790. The van der Waals surface area contributed by atoms with Gasteiger partial charge in [0.1, 0.15) is 11.6 Å². The first-order valence-electron chi connectivity index (χ1n) is 7.98. The van der Waals surface area contributed by atoms with Gasteiger partial charge in [0.05, 0.1) is 17.8 Å². The number of fused-ring (bicyclic) bond motifs is 1. The van der Waals surface area contributed by atoms with Crippen molar-refractivity contribution in [3.05, 3.63) is 24.0 Å². The fourth-order valence-corrected chi connectivity index (χ4v) is 3.29. The van der Waals surface area contributed by atoms with Crippen LogP contribution < -0.4 is 5.32 Å². The number of aromatic nitrogens is 3. The molecule has 23 heavy (non-hydrogen) atoms. The van der Waals surface area contributed by atoms with E-state index in [4.69, 9.17) is 0 Å². The first kappa shape index (κ1) is 14.2. The molecule has 1 saturated heterocycles. The highest BCUT2D eigenvalue weighted by Crippen LogP contribution is 2.27. The third-order valence-electron chi connectivity index (χ3n) is 4.59. The number of rotatable bonds is 3. The van der Waals surface area contributed by atoms with Gasteiger partial charge in [0.2, 0.25) is 5.91 Å². The number of carbonyl (C=O) groups excluding carboxylic acids is 2. The highest BCUT2D eigenvalue weighted by molar-refractivity contribution is 5.96. The summed E-state index contributed by atoms with van der Waals surface area (Å²) in [4.78, 5) is 29.5. The van der Waals surface area contributed by atoms with Gasteiger partial charge in [-0.3, -0.25) is 9.59 Å². The number of Topliss-reactive ketones (excluding diaryl/α,β-unsaturated/α-hetero) is 1. The van der Waals surface area contributed by atoms with Gasteiger partial charge in [-0.25, -0.2) is 9.50 Å². The van der Waals surface area contributed by atoms with Crippen LogP contribution in [0.5, 0.6) is 0 Å². The Balaban J connectivity index is 1.39. The van der Waals surface area contributed by atoms with Crippen molar-refractivity contribution in [1.29, 1.82) is 0 Å². The van der Waals surface area contributed by atoms with Gasteiger partial charge in [0, 0.05) is 32.0 Å². The van der Waals surface area contributed by atoms with E-state index in [1.807, 2.05) is 30.2 Å². The molecule has 2 aromatic heterocycles. The van der Waals surface area contributed by atoms with E-state index in [0.29, 0.717) is 19.4 Å². The number of hydrogen-bond donors (Lipinski definition) is 1. The van der Waals surface area contributed by atoms with Crippen molar-refractivity contribution in [2.24, 2.45) is 5.92 Å². The Hall–Kier alpha value is -2.44. The van der Waals surface area contributed by atoms with E-state index in [1.165, 1.54) is 0 Å². The Kier molecular flexibility index (Phi) is 3.28. The van der Waals surface area contributed by atoms with Crippen molar-refractivity contribution >= 4 is 23.2 Å². The molecule has 0 spiro atoms. The van der Waals surface area contributed by atoms with Gasteiger partial charge >= 0.3 is 0 Å². The molecule has 7 heteroatoms. The normalized spacial score (nSPS) is 21.7. The third kappa shape index (κ3) is 2.67. The number of amides is 1. The molecule has 1 unspecified atom stereocenters. The van der Waals surface area contributed by atoms with Gasteiger partial charge in [0.15, 0.2) is 5.65 Å². The number of nitrogens with zero attached hydrogens (tertiary/aromatic N) is 4. The zero-order chi connectivity index (χ0) is 16.0. The number of carbonyl (C=O) groups is 2. The molecule has 1 saturated carbocycles. The molecule has 1 aliphatic heterocycles. The number of hydrogen-bond acceptors (Lipinski definition) is 5. The molecule has 0 aromatic carbocycles. The summed E-state index contributed by atoms with van der Waals surface area (Å²) < 4.78 is 1.76. The van der Waals surface area contributed by atoms with Crippen molar-refractivity contribution in [1.82, 2.24) is 19.5 Å². The number of imidazole rings is 1. The third-order valence-corrected chi connectivity index (χ3v) is 4.59. The lowest BCUT2D eigenvalue weighted by Crippen LogP contribution is -2.41. The second-order valence-electron chi connectivity index (χ2n) is 6.46. The molecule has 120 valence electrons. The maximum Gasteiger partial charge on any atom is 0.226 e. The molecule has 4 rings (SSSR count). The number of ketones is 1. The highest BCUT2D eigenvalue weighted by Gasteiger charge is 2.37. The Morgan fingerprint density at radius 2 is 2.17 bits per heavy atom. The lowest BCUT2D eigenvalue weighted by atomic mass is 9.83. The molecule has 1 atom stereocenters. The minimum atomic E-state index is -0.0790. The Morgan fingerprint density at radius 3 is 2.96 bits per heavy atom. The first-order valence-corrected chi connectivity index (χ1v) is 7.98. The molecule has 2 aliphatic rings. The minimum Gasteiger partial charge on any atom is -0.364 e. The van der Waals surface area contributed by atoms with Crippen molar-refractivity contribution in [2.75, 3.05) is 18.4 Å². The van der Waals surface area contributed by atoms with Crippen LogP contribution in [-0.4, -0.2) is 50.3 Å². The molecule has 7 nitrogen and oxygen atoms in total. The molecule has 3 heterocycles. The van der Waals surface area contributed by atoms with E-state index >= 15 is 0 Å². The lowest BCUT2D eigenvalue weighted by molar-refractivity contribution is -0.144. The summed E-state index contributed by atoms with van der Waals surface area (Å²) in [5.41, 5.74) is 1.76. The summed E-state index contributed by atoms with van der Waals surface area (Å²) in [7, 11) is 0. The number of anilines is 1. The summed E-state index contributed by atoms with van der Waals surface area (Å²) in [5, 5.41) is 7.89. The van der Waals surface area contributed by atoms with Crippen LogP contribution in [0.4, 0.5) is 5.82 Å². The highest BCUT2D eigenvalue weighted by atomic mass is 16.2. The average molecular weight is 313 g/mol. The van der Waals surface area contributed by atoms with E-state index in [9.17, 15) is 9.59 Å². The van der Waals surface area contributed by atoms with Crippen LogP contribution in [0.3, 0.4) is 0 Å². The zero-order valence-electron chi connectivity index (χ0n) is 13.0. The van der Waals surface area contributed by atoms with E-state index in [1.54, 1.807) is 4.52 Å². The molecule has 0 radical (unpaired) electrons. The quantitative estimate of drug-likeness (QED) is 0.915. The summed E-state index contributed by atoms with van der Waals surface area (Å²) in [6.07, 6.45) is 3.63. The molecular formula is C16H19N5O2. The summed E-state index contributed by atoms with van der Waals surface area (Å²) in [5.74, 6) is 1.03. The van der Waals surface area contributed by atoms with Crippen LogP contribution in [0.1, 0.15) is 25.0 Å². The summed E-state index contributed by atoms with van der Waals surface area (Å²) in [6.45, 7) is 3.35. The Morgan fingerprint density at radius 1 is 1.35 bits per heavy atom. The van der Waals surface area contributed by atoms with E-state index in [-0.39, 0.29) is 23.7 Å². The predicted octanol–water partition coefficient (Wildman–Crippen LogP) is 1.03. The van der Waals surface area contributed by atoms with Gasteiger partial charge in [-0.1, -0.05) is 0 Å². The first-order chi connectivity index (χ1) is 11.1. The average Bonchev–Trinajstić information content (AvgIpc) is 3.08. The molecule has 2 aromatic rings. The van der Waals surface area contributed by atoms with E-state index < -0.39 is 0 Å². The van der Waals surface area contributed by atoms with Gasteiger partial charge < -0.3 is 10.2 Å². The number of nitrogens with one attached hydrogen (secondary N) is 1. The van der Waals surface area contributed by atoms with Crippen molar-refractivity contribution < 1.29 is 9.59 Å². The zero-order valence-corrected chi connectivity index (χ0v) is 13.0. The van der Waals surface area contributed by atoms with Crippen molar-refractivity contribution in [3.8, 4) is 0 Å². The molecular weight excluding hydrogens is 294 g/mol. The van der Waals surface area contributed by atoms with Crippen molar-refractivity contribution in [3.63, 3.8) is 0 Å². The second-order valence-corrected chi connectivity index (χ2v) is 6.46. The Labute approximate surface area is 133 Å². The molecule has 1 amide bonds. The topological polar surface area (TPSA) is 79.6 Å². The summed E-state index contributed by atoms with van der Waals surface area (Å²) >= 11 is 0. The van der Waals surface area contributed by atoms with Crippen molar-refractivity contribution in [2.45, 2.75) is 32.2 Å². The lowest BCUT2D eigenvalue weighted by Gasteiger charge is -2.28. The van der Waals surface area contributed by atoms with E-state index in [2.05, 4.69) is 15.4 Å². The van der Waals surface area contributed by atoms with Gasteiger partial charge in [-0.2, -0.15) is 0 Å². The van der Waals surface area contributed by atoms with E-state index in [0.717, 1.165) is 30.1 Å². The predicted molar refractivity (Wildman–Crippen MR) is 84.1 cm³/mol. The maximum atomic E-state index is 12.3. The van der Waals surface area contributed by atoms with Crippen LogP contribution in [0.15, 0.2) is 18.3 Å². The van der Waals surface area contributed by atoms with Crippen LogP contribution in [-0.2, 0) is 9.59 Å². The van der Waals surface area contributed by atoms with Gasteiger partial charge in [-0.05, 0) is 25.5 Å². The van der Waals surface area contributed by atoms with Crippen LogP contribution in [0.25, 0.3) is 5.65 Å². The molecule has 0 bridgehead atoms. The van der Waals surface area contributed by atoms with Crippen LogP contribution in [0.2, 0.25) is 0 Å². The monoisotopic (exact) mass is 313 g/mol. The van der Waals surface area contributed by atoms with Crippen LogP contribution >= 0.6 is 0 Å². The molecule has 2 fully saturated rings. The Bertz CT molecular complexity index is 776. The SMILES string of the molecule is Cc1cn2nc(NC3CCN(C(=O)C4CC(=O)C4)C3)ccc2n1. The van der Waals surface area contributed by atoms with Crippen LogP contribution in [0, 0.1) is 12.8 Å². The van der Waals surface area contributed by atoms with Gasteiger partial charge in [-0.15, -0.1) is 5.10 Å².